The summed E-state index contributed by atoms with van der Waals surface area (Å²) in [4.78, 5) is 26.3. The van der Waals surface area contributed by atoms with Crippen molar-refractivity contribution >= 4 is 22.8 Å². The zero-order valence-electron chi connectivity index (χ0n) is 10.3. The van der Waals surface area contributed by atoms with Crippen molar-refractivity contribution in [3.8, 4) is 0 Å². The van der Waals surface area contributed by atoms with Gasteiger partial charge in [0.2, 0.25) is 5.91 Å². The second kappa shape index (κ2) is 4.76. The van der Waals surface area contributed by atoms with Gasteiger partial charge in [-0.15, -0.1) is 0 Å². The second-order valence-electron chi connectivity index (χ2n) is 4.61. The highest BCUT2D eigenvalue weighted by Crippen LogP contribution is 2.18. The van der Waals surface area contributed by atoms with Gasteiger partial charge in [-0.3, -0.25) is 4.79 Å². The molecule has 5 heteroatoms. The zero-order valence-corrected chi connectivity index (χ0v) is 10.3. The van der Waals surface area contributed by atoms with Gasteiger partial charge >= 0.3 is 5.97 Å². The first-order valence-corrected chi connectivity index (χ1v) is 6.25. The maximum atomic E-state index is 11.9. The Morgan fingerprint density at radius 1 is 1.42 bits per heavy atom. The third kappa shape index (κ3) is 2.31. The molecule has 1 aromatic carbocycles. The predicted molar refractivity (Wildman–Crippen MR) is 69.5 cm³/mol. The number of cyclic esters (lactones) is 1. The highest BCUT2D eigenvalue weighted by Gasteiger charge is 2.27. The van der Waals surface area contributed by atoms with Crippen molar-refractivity contribution in [2.24, 2.45) is 0 Å². The molecule has 1 fully saturated rings. The average Bonchev–Trinajstić information content (AvgIpc) is 2.98. The van der Waals surface area contributed by atoms with Crippen molar-refractivity contribution in [2.75, 3.05) is 6.61 Å². The number of amides is 1. The van der Waals surface area contributed by atoms with E-state index in [1.165, 1.54) is 0 Å². The molecule has 2 aromatic rings. The fraction of sp³-hybridized carbons (Fsp3) is 0.286. The third-order valence-corrected chi connectivity index (χ3v) is 3.30. The molecule has 1 atom stereocenters. The van der Waals surface area contributed by atoms with Crippen LogP contribution in [0.1, 0.15) is 12.0 Å². The molecular weight excluding hydrogens is 244 g/mol. The number of para-hydroxylation sites is 1. The molecular formula is C14H14N2O3. The van der Waals surface area contributed by atoms with Crippen LogP contribution in [0.25, 0.3) is 10.9 Å². The van der Waals surface area contributed by atoms with E-state index in [1.807, 2.05) is 30.5 Å². The van der Waals surface area contributed by atoms with E-state index < -0.39 is 6.04 Å². The Hall–Kier alpha value is -2.30. The number of esters is 1. The van der Waals surface area contributed by atoms with Gasteiger partial charge in [0.15, 0.2) is 0 Å². The number of carbonyl (C=O) groups is 2. The number of aromatic nitrogens is 1. The maximum absolute atomic E-state index is 11.9. The molecule has 2 N–H and O–H groups in total. The molecule has 19 heavy (non-hydrogen) atoms. The number of carbonyl (C=O) groups excluding carboxylic acids is 2. The Morgan fingerprint density at radius 3 is 3.05 bits per heavy atom. The quantitative estimate of drug-likeness (QED) is 0.811. The summed E-state index contributed by atoms with van der Waals surface area (Å²) in [5.41, 5.74) is 1.94. The summed E-state index contributed by atoms with van der Waals surface area (Å²) < 4.78 is 4.81. The molecule has 1 aliphatic rings. The minimum atomic E-state index is -0.488. The number of ether oxygens (including phenoxy) is 1. The van der Waals surface area contributed by atoms with Crippen LogP contribution in [0, 0.1) is 0 Å². The molecule has 1 amide bonds. The Kier molecular flexibility index (Phi) is 2.95. The van der Waals surface area contributed by atoms with Crippen LogP contribution in [0.15, 0.2) is 30.5 Å². The van der Waals surface area contributed by atoms with E-state index in [2.05, 4.69) is 10.3 Å². The molecule has 1 saturated heterocycles. The first-order chi connectivity index (χ1) is 9.24. The first-order valence-electron chi connectivity index (χ1n) is 6.25. The number of benzene rings is 1. The summed E-state index contributed by atoms with van der Waals surface area (Å²) in [6, 6.07) is 7.32. The Bertz CT molecular complexity index is 632. The highest BCUT2D eigenvalue weighted by molar-refractivity contribution is 5.91. The summed E-state index contributed by atoms with van der Waals surface area (Å²) in [7, 11) is 0. The van der Waals surface area contributed by atoms with Crippen LogP contribution in [0.2, 0.25) is 0 Å². The standard InChI is InChI=1S/C14H14N2O3/c17-13(16-12-5-6-19-14(12)18)7-9-8-15-11-4-2-1-3-10(9)11/h1-4,8,12,15H,5-7H2,(H,16,17). The van der Waals surface area contributed by atoms with Crippen molar-refractivity contribution in [3.63, 3.8) is 0 Å². The molecule has 0 bridgehead atoms. The van der Waals surface area contributed by atoms with Gasteiger partial charge in [0.05, 0.1) is 13.0 Å². The van der Waals surface area contributed by atoms with Gasteiger partial charge in [0, 0.05) is 23.5 Å². The SMILES string of the molecule is O=C(Cc1c[nH]c2ccccc12)NC1CCOC1=O. The van der Waals surface area contributed by atoms with Crippen LogP contribution in [0.3, 0.4) is 0 Å². The molecule has 0 radical (unpaired) electrons. The number of nitrogens with one attached hydrogen (secondary N) is 2. The van der Waals surface area contributed by atoms with Crippen LogP contribution in [-0.4, -0.2) is 29.5 Å². The summed E-state index contributed by atoms with van der Waals surface area (Å²) in [5, 5.41) is 3.74. The van der Waals surface area contributed by atoms with E-state index in [0.717, 1.165) is 16.5 Å². The van der Waals surface area contributed by atoms with Crippen LogP contribution in [0.4, 0.5) is 0 Å². The van der Waals surface area contributed by atoms with Gasteiger partial charge in [-0.2, -0.15) is 0 Å². The average molecular weight is 258 g/mol. The number of H-pyrrole nitrogens is 1. The zero-order chi connectivity index (χ0) is 13.2. The van der Waals surface area contributed by atoms with Gasteiger partial charge in [0.25, 0.3) is 0 Å². The number of aromatic amines is 1. The van der Waals surface area contributed by atoms with Crippen molar-refractivity contribution in [1.29, 1.82) is 0 Å². The maximum Gasteiger partial charge on any atom is 0.328 e. The van der Waals surface area contributed by atoms with E-state index in [-0.39, 0.29) is 18.3 Å². The highest BCUT2D eigenvalue weighted by atomic mass is 16.5. The van der Waals surface area contributed by atoms with Crippen molar-refractivity contribution in [2.45, 2.75) is 18.9 Å². The lowest BCUT2D eigenvalue weighted by atomic mass is 10.1. The van der Waals surface area contributed by atoms with Crippen LogP contribution < -0.4 is 5.32 Å². The van der Waals surface area contributed by atoms with E-state index >= 15 is 0 Å². The molecule has 3 rings (SSSR count). The van der Waals surface area contributed by atoms with Crippen molar-refractivity contribution in [3.05, 3.63) is 36.0 Å². The Labute approximate surface area is 109 Å². The van der Waals surface area contributed by atoms with E-state index in [9.17, 15) is 9.59 Å². The van der Waals surface area contributed by atoms with E-state index in [4.69, 9.17) is 4.74 Å². The minimum Gasteiger partial charge on any atom is -0.464 e. The first kappa shape index (κ1) is 11.8. The monoisotopic (exact) mass is 258 g/mol. The summed E-state index contributed by atoms with van der Waals surface area (Å²) >= 11 is 0. The lowest BCUT2D eigenvalue weighted by Gasteiger charge is -2.08. The number of hydrogen-bond acceptors (Lipinski definition) is 3. The Morgan fingerprint density at radius 2 is 2.26 bits per heavy atom. The summed E-state index contributed by atoms with van der Waals surface area (Å²) in [6.07, 6.45) is 2.64. The van der Waals surface area contributed by atoms with Gasteiger partial charge < -0.3 is 15.0 Å². The number of rotatable bonds is 3. The van der Waals surface area contributed by atoms with Crippen molar-refractivity contribution in [1.82, 2.24) is 10.3 Å². The second-order valence-corrected chi connectivity index (χ2v) is 4.61. The van der Waals surface area contributed by atoms with Gasteiger partial charge in [-0.1, -0.05) is 18.2 Å². The van der Waals surface area contributed by atoms with Crippen LogP contribution in [0.5, 0.6) is 0 Å². The molecule has 98 valence electrons. The molecule has 0 saturated carbocycles. The number of hydrogen-bond donors (Lipinski definition) is 2. The predicted octanol–water partition coefficient (Wildman–Crippen LogP) is 1.14. The fourth-order valence-electron chi connectivity index (χ4n) is 2.32. The Balaban J connectivity index is 1.71. The molecule has 0 spiro atoms. The van der Waals surface area contributed by atoms with Gasteiger partial charge in [-0.05, 0) is 11.6 Å². The van der Waals surface area contributed by atoms with Gasteiger partial charge in [0.1, 0.15) is 6.04 Å². The van der Waals surface area contributed by atoms with Crippen LogP contribution in [-0.2, 0) is 20.7 Å². The van der Waals surface area contributed by atoms with Crippen LogP contribution >= 0.6 is 0 Å². The van der Waals surface area contributed by atoms with Gasteiger partial charge in [-0.25, -0.2) is 4.79 Å². The third-order valence-electron chi connectivity index (χ3n) is 3.30. The fourth-order valence-corrected chi connectivity index (χ4v) is 2.32. The molecule has 1 aromatic heterocycles. The molecule has 0 aliphatic carbocycles. The van der Waals surface area contributed by atoms with Crippen molar-refractivity contribution < 1.29 is 14.3 Å². The number of fused-ring (bicyclic) bond motifs is 1. The molecule has 1 aliphatic heterocycles. The lowest BCUT2D eigenvalue weighted by Crippen LogP contribution is -2.38. The van der Waals surface area contributed by atoms with E-state index in [1.54, 1.807) is 0 Å². The molecule has 1 unspecified atom stereocenters. The minimum absolute atomic E-state index is 0.159. The largest absolute Gasteiger partial charge is 0.464 e. The molecule has 5 nitrogen and oxygen atoms in total. The molecule has 2 heterocycles. The normalized spacial score (nSPS) is 18.5. The smallest absolute Gasteiger partial charge is 0.328 e. The topological polar surface area (TPSA) is 71.2 Å². The van der Waals surface area contributed by atoms with E-state index in [0.29, 0.717) is 13.0 Å². The summed E-state index contributed by atoms with van der Waals surface area (Å²) in [6.45, 7) is 0.386. The lowest BCUT2D eigenvalue weighted by molar-refractivity contribution is -0.141. The summed E-state index contributed by atoms with van der Waals surface area (Å²) in [5.74, 6) is -0.499.